The number of rotatable bonds is 4. The van der Waals surface area contributed by atoms with Crippen LogP contribution in [0.15, 0.2) is 12.2 Å². The minimum absolute atomic E-state index is 0.312. The zero-order chi connectivity index (χ0) is 9.02. The molecule has 0 saturated heterocycles. The largest absolute Gasteiger partial charge is 0.381 e. The van der Waals surface area contributed by atoms with Crippen LogP contribution in [0.4, 0.5) is 0 Å². The van der Waals surface area contributed by atoms with Gasteiger partial charge in [-0.3, -0.25) is 0 Å². The van der Waals surface area contributed by atoms with Gasteiger partial charge in [-0.2, -0.15) is 0 Å². The molecule has 0 spiro atoms. The fraction of sp³-hybridized carbons (Fsp3) is 0.800. The molecule has 0 fully saturated rings. The van der Waals surface area contributed by atoms with Crippen molar-refractivity contribution in [1.29, 1.82) is 0 Å². The summed E-state index contributed by atoms with van der Waals surface area (Å²) in [5.74, 6) is 1.02. The molecular formula is C10H20O. The first kappa shape index (κ1) is 10.7. The molecule has 1 heteroatoms. The molecule has 0 aliphatic heterocycles. The Morgan fingerprint density at radius 3 is 1.82 bits per heavy atom. The predicted octanol–water partition coefficient (Wildman–Crippen LogP) is 2.87. The van der Waals surface area contributed by atoms with Gasteiger partial charge in [-0.15, -0.1) is 0 Å². The van der Waals surface area contributed by atoms with Gasteiger partial charge in [0, 0.05) is 13.0 Å². The van der Waals surface area contributed by atoms with Gasteiger partial charge in [0.15, 0.2) is 0 Å². The van der Waals surface area contributed by atoms with E-state index in [2.05, 4.69) is 34.3 Å². The molecule has 0 aromatic carbocycles. The monoisotopic (exact) mass is 156 g/mol. The number of hydrogen-bond donors (Lipinski definition) is 0. The third-order valence-corrected chi connectivity index (χ3v) is 2.20. The minimum atomic E-state index is 0.312. The van der Waals surface area contributed by atoms with Gasteiger partial charge < -0.3 is 4.74 Å². The van der Waals surface area contributed by atoms with E-state index in [0.29, 0.717) is 17.9 Å². The maximum atomic E-state index is 5.37. The van der Waals surface area contributed by atoms with E-state index in [1.165, 1.54) is 5.57 Å². The average molecular weight is 156 g/mol. The highest BCUT2D eigenvalue weighted by Crippen LogP contribution is 2.21. The first-order valence-corrected chi connectivity index (χ1v) is 4.18. The molecular weight excluding hydrogens is 136 g/mol. The number of hydrogen-bond acceptors (Lipinski definition) is 1. The molecule has 0 heterocycles. The Bertz CT molecular complexity index is 127. The van der Waals surface area contributed by atoms with Crippen LogP contribution in [0.3, 0.4) is 0 Å². The van der Waals surface area contributed by atoms with E-state index < -0.39 is 0 Å². The lowest BCUT2D eigenvalue weighted by Gasteiger charge is -2.26. The van der Waals surface area contributed by atoms with Gasteiger partial charge >= 0.3 is 0 Å². The van der Waals surface area contributed by atoms with Crippen LogP contribution < -0.4 is 0 Å². The van der Waals surface area contributed by atoms with E-state index in [1.54, 1.807) is 7.11 Å². The highest BCUT2D eigenvalue weighted by molar-refractivity contribution is 4.98. The maximum absolute atomic E-state index is 5.37. The molecule has 0 aliphatic carbocycles. The fourth-order valence-electron chi connectivity index (χ4n) is 1.33. The first-order valence-electron chi connectivity index (χ1n) is 4.18. The summed E-state index contributed by atoms with van der Waals surface area (Å²) in [4.78, 5) is 0. The smallest absolute Gasteiger partial charge is 0.0656 e. The van der Waals surface area contributed by atoms with Crippen LogP contribution in [-0.4, -0.2) is 13.2 Å². The quantitative estimate of drug-likeness (QED) is 0.569. The predicted molar refractivity (Wildman–Crippen MR) is 49.6 cm³/mol. The molecule has 0 saturated carbocycles. The first-order chi connectivity index (χ1) is 5.00. The van der Waals surface area contributed by atoms with Gasteiger partial charge in [-0.25, -0.2) is 0 Å². The van der Waals surface area contributed by atoms with E-state index in [4.69, 9.17) is 4.74 Å². The van der Waals surface area contributed by atoms with Crippen LogP contribution in [0.5, 0.6) is 0 Å². The summed E-state index contributed by atoms with van der Waals surface area (Å²) >= 11 is 0. The summed E-state index contributed by atoms with van der Waals surface area (Å²) < 4.78 is 5.37. The second-order valence-corrected chi connectivity index (χ2v) is 3.58. The lowest BCUT2D eigenvalue weighted by molar-refractivity contribution is 0.0346. The summed E-state index contributed by atoms with van der Waals surface area (Å²) in [7, 11) is 1.77. The molecule has 0 rings (SSSR count). The minimum Gasteiger partial charge on any atom is -0.381 e. The Morgan fingerprint density at radius 1 is 1.27 bits per heavy atom. The molecule has 0 unspecified atom stereocenters. The highest BCUT2D eigenvalue weighted by Gasteiger charge is 2.20. The van der Waals surface area contributed by atoms with Crippen LogP contribution in [0.1, 0.15) is 27.7 Å². The molecule has 1 nitrogen and oxygen atoms in total. The molecule has 0 aromatic heterocycles. The van der Waals surface area contributed by atoms with Gasteiger partial charge in [0.1, 0.15) is 0 Å². The van der Waals surface area contributed by atoms with Crippen molar-refractivity contribution in [2.24, 2.45) is 11.8 Å². The number of methoxy groups -OCH3 is 1. The third-order valence-electron chi connectivity index (χ3n) is 2.20. The molecule has 66 valence electrons. The van der Waals surface area contributed by atoms with Crippen LogP contribution >= 0.6 is 0 Å². The number of ether oxygens (including phenoxy) is 1. The Morgan fingerprint density at radius 2 is 1.73 bits per heavy atom. The van der Waals surface area contributed by atoms with Crippen molar-refractivity contribution in [3.8, 4) is 0 Å². The molecule has 0 amide bonds. The molecule has 0 radical (unpaired) electrons. The molecule has 11 heavy (non-hydrogen) atoms. The van der Waals surface area contributed by atoms with E-state index in [1.807, 2.05) is 0 Å². The van der Waals surface area contributed by atoms with Crippen molar-refractivity contribution < 1.29 is 4.74 Å². The van der Waals surface area contributed by atoms with Crippen molar-refractivity contribution in [3.63, 3.8) is 0 Å². The topological polar surface area (TPSA) is 9.23 Å². The summed E-state index contributed by atoms with van der Waals surface area (Å²) in [6, 6.07) is 0. The Kier molecular flexibility index (Phi) is 4.43. The molecule has 0 bridgehead atoms. The Balaban J connectivity index is 4.13. The SMILES string of the molecule is C=C(C)[C@H](C)[C@@H](OC)C(C)C. The van der Waals surface area contributed by atoms with Crippen LogP contribution in [0.25, 0.3) is 0 Å². The Labute approximate surface area is 70.4 Å². The van der Waals surface area contributed by atoms with E-state index >= 15 is 0 Å². The van der Waals surface area contributed by atoms with Gasteiger partial charge in [-0.05, 0) is 12.8 Å². The van der Waals surface area contributed by atoms with Crippen LogP contribution in [0.2, 0.25) is 0 Å². The van der Waals surface area contributed by atoms with Crippen molar-refractivity contribution in [3.05, 3.63) is 12.2 Å². The molecule has 2 atom stereocenters. The molecule has 0 aliphatic rings. The van der Waals surface area contributed by atoms with Gasteiger partial charge in [0.25, 0.3) is 0 Å². The molecule has 0 aromatic rings. The summed E-state index contributed by atoms with van der Waals surface area (Å²) in [5, 5.41) is 0. The van der Waals surface area contributed by atoms with Gasteiger partial charge in [0.2, 0.25) is 0 Å². The van der Waals surface area contributed by atoms with Crippen LogP contribution in [0, 0.1) is 11.8 Å². The van der Waals surface area contributed by atoms with Crippen LogP contribution in [-0.2, 0) is 4.74 Å². The summed E-state index contributed by atoms with van der Waals surface area (Å²) in [5.41, 5.74) is 1.20. The second-order valence-electron chi connectivity index (χ2n) is 3.58. The zero-order valence-electron chi connectivity index (χ0n) is 8.35. The lowest BCUT2D eigenvalue weighted by atomic mass is 9.90. The lowest BCUT2D eigenvalue weighted by Crippen LogP contribution is -2.26. The van der Waals surface area contributed by atoms with Gasteiger partial charge in [-0.1, -0.05) is 32.9 Å². The Hall–Kier alpha value is -0.300. The van der Waals surface area contributed by atoms with Gasteiger partial charge in [0.05, 0.1) is 6.10 Å². The van der Waals surface area contributed by atoms with E-state index in [0.717, 1.165) is 0 Å². The normalized spacial score (nSPS) is 16.5. The zero-order valence-corrected chi connectivity index (χ0v) is 8.35. The van der Waals surface area contributed by atoms with Crippen molar-refractivity contribution in [2.75, 3.05) is 7.11 Å². The molecule has 0 N–H and O–H groups in total. The summed E-state index contributed by atoms with van der Waals surface area (Å²) in [6.07, 6.45) is 0.312. The fourth-order valence-corrected chi connectivity index (χ4v) is 1.33. The maximum Gasteiger partial charge on any atom is 0.0656 e. The van der Waals surface area contributed by atoms with E-state index in [-0.39, 0.29) is 0 Å². The summed E-state index contributed by atoms with van der Waals surface area (Å²) in [6.45, 7) is 12.5. The second kappa shape index (κ2) is 4.55. The van der Waals surface area contributed by atoms with Crippen molar-refractivity contribution >= 4 is 0 Å². The van der Waals surface area contributed by atoms with E-state index in [9.17, 15) is 0 Å². The highest BCUT2D eigenvalue weighted by atomic mass is 16.5. The van der Waals surface area contributed by atoms with Crippen molar-refractivity contribution in [2.45, 2.75) is 33.8 Å². The third kappa shape index (κ3) is 3.06. The standard InChI is InChI=1S/C10H20O/c1-7(2)9(5)10(11-6)8(3)4/h8-10H,1H2,2-6H3/t9-,10-/m0/s1. The average Bonchev–Trinajstić information content (AvgIpc) is 1.88. The van der Waals surface area contributed by atoms with Crippen molar-refractivity contribution in [1.82, 2.24) is 0 Å².